The van der Waals surface area contributed by atoms with E-state index in [1.54, 1.807) is 0 Å². The normalized spacial score (nSPS) is 21.5. The maximum atomic E-state index is 9.43. The first-order valence-corrected chi connectivity index (χ1v) is 7.32. The molecule has 1 unspecified atom stereocenters. The van der Waals surface area contributed by atoms with Crippen LogP contribution in [0.2, 0.25) is 0 Å². The van der Waals surface area contributed by atoms with Gasteiger partial charge in [0, 0.05) is 16.4 Å². The molecule has 1 N–H and O–H groups in total. The monoisotopic (exact) mass is 311 g/mol. The minimum Gasteiger partial charge on any atom is -0.395 e. The molecule has 100 valence electrons. The summed E-state index contributed by atoms with van der Waals surface area (Å²) in [5, 5.41) is 9.43. The predicted octanol–water partition coefficient (Wildman–Crippen LogP) is 3.14. The van der Waals surface area contributed by atoms with Crippen molar-refractivity contribution in [3.63, 3.8) is 0 Å². The van der Waals surface area contributed by atoms with Gasteiger partial charge in [-0.1, -0.05) is 41.9 Å². The fourth-order valence-electron chi connectivity index (χ4n) is 2.56. The summed E-state index contributed by atoms with van der Waals surface area (Å²) in [5.41, 5.74) is 2.41. The zero-order valence-electron chi connectivity index (χ0n) is 11.4. The molecule has 18 heavy (non-hydrogen) atoms. The van der Waals surface area contributed by atoms with Gasteiger partial charge in [0.05, 0.1) is 6.61 Å². The van der Waals surface area contributed by atoms with Gasteiger partial charge in [0.2, 0.25) is 0 Å². The van der Waals surface area contributed by atoms with E-state index in [1.807, 2.05) is 0 Å². The Morgan fingerprint density at radius 3 is 2.67 bits per heavy atom. The maximum absolute atomic E-state index is 9.43. The van der Waals surface area contributed by atoms with Crippen molar-refractivity contribution in [3.8, 4) is 0 Å². The second-order valence-corrected chi connectivity index (χ2v) is 6.88. The van der Waals surface area contributed by atoms with Crippen LogP contribution in [-0.4, -0.2) is 36.8 Å². The molecule has 1 aromatic rings. The van der Waals surface area contributed by atoms with Gasteiger partial charge in [0.15, 0.2) is 0 Å². The highest BCUT2D eigenvalue weighted by atomic mass is 79.9. The second-order valence-electron chi connectivity index (χ2n) is 6.03. The number of benzene rings is 1. The number of hydrogen-bond donors (Lipinski definition) is 1. The van der Waals surface area contributed by atoms with Crippen molar-refractivity contribution in [1.82, 2.24) is 4.90 Å². The van der Waals surface area contributed by atoms with E-state index in [2.05, 4.69) is 59.9 Å². The summed E-state index contributed by atoms with van der Waals surface area (Å²) in [4.78, 5) is 2.38. The molecule has 0 spiro atoms. The maximum Gasteiger partial charge on any atom is 0.0522 e. The Kier molecular flexibility index (Phi) is 4.15. The van der Waals surface area contributed by atoms with Crippen LogP contribution in [0.4, 0.5) is 0 Å². The third kappa shape index (κ3) is 2.79. The Morgan fingerprint density at radius 1 is 1.44 bits per heavy atom. The first kappa shape index (κ1) is 14.0. The molecule has 1 aliphatic heterocycles. The van der Waals surface area contributed by atoms with E-state index in [1.165, 1.54) is 28.6 Å². The van der Waals surface area contributed by atoms with Crippen LogP contribution in [0.3, 0.4) is 0 Å². The average molecular weight is 312 g/mol. The molecular weight excluding hydrogens is 290 g/mol. The minimum absolute atomic E-state index is 0.172. The Balaban J connectivity index is 2.25. The van der Waals surface area contributed by atoms with Gasteiger partial charge in [-0.15, -0.1) is 0 Å². The van der Waals surface area contributed by atoms with Gasteiger partial charge in [0.25, 0.3) is 0 Å². The standard InChI is InChI=1S/C15H22BrNO/c1-15(2,10-18)12-4-5-13(14(16)8-12)11-6-7-17(3)9-11/h4-5,8,11,18H,6-7,9-10H2,1-3H3. The minimum atomic E-state index is -0.173. The van der Waals surface area contributed by atoms with Crippen LogP contribution in [0.25, 0.3) is 0 Å². The zero-order chi connectivity index (χ0) is 13.3. The molecular formula is C15H22BrNO. The third-order valence-corrected chi connectivity index (χ3v) is 4.70. The van der Waals surface area contributed by atoms with Crippen LogP contribution in [0.5, 0.6) is 0 Å². The van der Waals surface area contributed by atoms with E-state index in [0.717, 1.165) is 6.54 Å². The molecule has 1 aliphatic rings. The molecule has 2 nitrogen and oxygen atoms in total. The van der Waals surface area contributed by atoms with Crippen molar-refractivity contribution in [1.29, 1.82) is 0 Å². The SMILES string of the molecule is CN1CCC(c2ccc(C(C)(C)CO)cc2Br)C1. The van der Waals surface area contributed by atoms with Crippen molar-refractivity contribution in [3.05, 3.63) is 33.8 Å². The number of aliphatic hydroxyl groups is 1. The van der Waals surface area contributed by atoms with Gasteiger partial charge < -0.3 is 10.0 Å². The molecule has 1 saturated heterocycles. The molecule has 3 heteroatoms. The molecule has 1 atom stereocenters. The lowest BCUT2D eigenvalue weighted by Crippen LogP contribution is -2.22. The summed E-state index contributed by atoms with van der Waals surface area (Å²) in [5.74, 6) is 0.635. The lowest BCUT2D eigenvalue weighted by molar-refractivity contribution is 0.218. The highest BCUT2D eigenvalue weighted by Gasteiger charge is 2.25. The highest BCUT2D eigenvalue weighted by Crippen LogP contribution is 2.34. The molecule has 2 rings (SSSR count). The largest absolute Gasteiger partial charge is 0.395 e. The van der Waals surface area contributed by atoms with E-state index in [4.69, 9.17) is 0 Å². The zero-order valence-corrected chi connectivity index (χ0v) is 13.0. The van der Waals surface area contributed by atoms with E-state index in [9.17, 15) is 5.11 Å². The summed E-state index contributed by atoms with van der Waals surface area (Å²) in [6, 6.07) is 6.55. The Morgan fingerprint density at radius 2 is 2.17 bits per heavy atom. The van der Waals surface area contributed by atoms with Crippen LogP contribution in [0.15, 0.2) is 22.7 Å². The summed E-state index contributed by atoms with van der Waals surface area (Å²) in [6.45, 7) is 6.63. The summed E-state index contributed by atoms with van der Waals surface area (Å²) < 4.78 is 1.18. The smallest absolute Gasteiger partial charge is 0.0522 e. The van der Waals surface area contributed by atoms with E-state index < -0.39 is 0 Å². The van der Waals surface area contributed by atoms with Gasteiger partial charge in [-0.05, 0) is 43.1 Å². The molecule has 1 fully saturated rings. The van der Waals surface area contributed by atoms with Crippen molar-refractivity contribution < 1.29 is 5.11 Å². The van der Waals surface area contributed by atoms with Crippen LogP contribution >= 0.6 is 15.9 Å². The topological polar surface area (TPSA) is 23.5 Å². The fraction of sp³-hybridized carbons (Fsp3) is 0.600. The molecule has 1 aromatic carbocycles. The highest BCUT2D eigenvalue weighted by molar-refractivity contribution is 9.10. The van der Waals surface area contributed by atoms with E-state index >= 15 is 0 Å². The van der Waals surface area contributed by atoms with E-state index in [0.29, 0.717) is 5.92 Å². The number of likely N-dealkylation sites (tertiary alicyclic amines) is 1. The lowest BCUT2D eigenvalue weighted by Gasteiger charge is -2.24. The fourth-order valence-corrected chi connectivity index (χ4v) is 3.26. The number of aliphatic hydroxyl groups excluding tert-OH is 1. The summed E-state index contributed by atoms with van der Waals surface area (Å²) in [6.07, 6.45) is 1.23. The number of rotatable bonds is 3. The number of halogens is 1. The summed E-state index contributed by atoms with van der Waals surface area (Å²) in [7, 11) is 2.18. The van der Waals surface area contributed by atoms with Crippen molar-refractivity contribution in [2.45, 2.75) is 31.6 Å². The molecule has 0 amide bonds. The Labute approximate surface area is 118 Å². The van der Waals surface area contributed by atoms with Crippen LogP contribution < -0.4 is 0 Å². The van der Waals surface area contributed by atoms with Crippen LogP contribution in [-0.2, 0) is 5.41 Å². The number of hydrogen-bond acceptors (Lipinski definition) is 2. The molecule has 0 saturated carbocycles. The van der Waals surface area contributed by atoms with Crippen molar-refractivity contribution in [2.24, 2.45) is 0 Å². The third-order valence-electron chi connectivity index (χ3n) is 4.01. The van der Waals surface area contributed by atoms with Gasteiger partial charge >= 0.3 is 0 Å². The summed E-state index contributed by atoms with van der Waals surface area (Å²) >= 11 is 3.70. The van der Waals surface area contributed by atoms with Crippen LogP contribution in [0.1, 0.15) is 37.3 Å². The lowest BCUT2D eigenvalue weighted by atomic mass is 9.84. The van der Waals surface area contributed by atoms with Gasteiger partial charge in [-0.2, -0.15) is 0 Å². The number of nitrogens with zero attached hydrogens (tertiary/aromatic N) is 1. The molecule has 1 heterocycles. The number of likely N-dealkylation sites (N-methyl/N-ethyl adjacent to an activating group) is 1. The van der Waals surface area contributed by atoms with Gasteiger partial charge in [0.1, 0.15) is 0 Å². The molecule has 0 aliphatic carbocycles. The first-order valence-electron chi connectivity index (χ1n) is 6.53. The first-order chi connectivity index (χ1) is 8.44. The average Bonchev–Trinajstić information content (AvgIpc) is 2.75. The molecule has 0 radical (unpaired) electrons. The Hall–Kier alpha value is -0.380. The van der Waals surface area contributed by atoms with Crippen molar-refractivity contribution >= 4 is 15.9 Å². The second kappa shape index (κ2) is 5.32. The van der Waals surface area contributed by atoms with E-state index in [-0.39, 0.29) is 12.0 Å². The molecule has 0 bridgehead atoms. The Bertz CT molecular complexity index is 431. The predicted molar refractivity (Wildman–Crippen MR) is 79.1 cm³/mol. The quantitative estimate of drug-likeness (QED) is 0.927. The van der Waals surface area contributed by atoms with Gasteiger partial charge in [-0.3, -0.25) is 0 Å². The molecule has 0 aromatic heterocycles. The van der Waals surface area contributed by atoms with Gasteiger partial charge in [-0.25, -0.2) is 0 Å². The van der Waals surface area contributed by atoms with Crippen LogP contribution in [0, 0.1) is 0 Å². The van der Waals surface area contributed by atoms with Crippen molar-refractivity contribution in [2.75, 3.05) is 26.7 Å².